The quantitative estimate of drug-likeness (QED) is 0.757. The Labute approximate surface area is 155 Å². The number of amides is 1. The van der Waals surface area contributed by atoms with Crippen molar-refractivity contribution in [1.82, 2.24) is 9.88 Å². The second-order valence-electron chi connectivity index (χ2n) is 6.21. The third-order valence-electron chi connectivity index (χ3n) is 4.12. The third kappa shape index (κ3) is 4.58. The molecule has 1 atom stereocenters. The summed E-state index contributed by atoms with van der Waals surface area (Å²) in [7, 11) is 0. The highest BCUT2D eigenvalue weighted by Crippen LogP contribution is 2.26. The van der Waals surface area contributed by atoms with Gasteiger partial charge in [0, 0.05) is 29.1 Å². The minimum atomic E-state index is -0.581. The number of halogens is 1. The SMILES string of the molecule is C[C@@H]1CCCN(C(=O)COC(=O)c2csc(-c3cccc(Cl)c3)n2)C1. The van der Waals surface area contributed by atoms with Gasteiger partial charge in [0.25, 0.3) is 5.91 Å². The average molecular weight is 379 g/mol. The van der Waals surface area contributed by atoms with Crippen molar-refractivity contribution in [1.29, 1.82) is 0 Å². The number of thiazole rings is 1. The molecule has 3 rings (SSSR count). The normalized spacial score (nSPS) is 17.4. The monoisotopic (exact) mass is 378 g/mol. The van der Waals surface area contributed by atoms with Gasteiger partial charge < -0.3 is 9.64 Å². The summed E-state index contributed by atoms with van der Waals surface area (Å²) in [5, 5.41) is 2.93. The molecule has 25 heavy (non-hydrogen) atoms. The van der Waals surface area contributed by atoms with E-state index in [0.717, 1.165) is 31.5 Å². The number of hydrogen-bond donors (Lipinski definition) is 0. The van der Waals surface area contributed by atoms with Gasteiger partial charge in [0.05, 0.1) is 0 Å². The zero-order chi connectivity index (χ0) is 17.8. The first-order chi connectivity index (χ1) is 12.0. The Kier molecular flexibility index (Phi) is 5.71. The van der Waals surface area contributed by atoms with E-state index in [2.05, 4.69) is 11.9 Å². The van der Waals surface area contributed by atoms with Crippen molar-refractivity contribution in [3.63, 3.8) is 0 Å². The van der Waals surface area contributed by atoms with E-state index in [4.69, 9.17) is 16.3 Å². The molecule has 1 fully saturated rings. The number of hydrogen-bond acceptors (Lipinski definition) is 5. The predicted molar refractivity (Wildman–Crippen MR) is 97.8 cm³/mol. The Balaban J connectivity index is 1.58. The van der Waals surface area contributed by atoms with Crippen LogP contribution in [0.15, 0.2) is 29.6 Å². The second kappa shape index (κ2) is 7.97. The Morgan fingerprint density at radius 2 is 2.28 bits per heavy atom. The van der Waals surface area contributed by atoms with Gasteiger partial charge >= 0.3 is 5.97 Å². The Bertz CT molecular complexity index is 777. The maximum absolute atomic E-state index is 12.2. The summed E-state index contributed by atoms with van der Waals surface area (Å²) >= 11 is 7.31. The van der Waals surface area contributed by atoms with Crippen molar-refractivity contribution < 1.29 is 14.3 Å². The van der Waals surface area contributed by atoms with E-state index in [-0.39, 0.29) is 18.2 Å². The molecule has 2 aromatic rings. The zero-order valence-electron chi connectivity index (χ0n) is 13.9. The molecule has 1 aliphatic rings. The highest BCUT2D eigenvalue weighted by Gasteiger charge is 2.22. The molecule has 1 amide bonds. The fourth-order valence-corrected chi connectivity index (χ4v) is 3.81. The van der Waals surface area contributed by atoms with Crippen LogP contribution in [0.25, 0.3) is 10.6 Å². The lowest BCUT2D eigenvalue weighted by Crippen LogP contribution is -2.41. The lowest BCUT2D eigenvalue weighted by molar-refractivity contribution is -0.136. The first-order valence-corrected chi connectivity index (χ1v) is 9.45. The molecule has 0 N–H and O–H groups in total. The third-order valence-corrected chi connectivity index (χ3v) is 5.25. The lowest BCUT2D eigenvalue weighted by atomic mass is 10.0. The number of rotatable bonds is 4. The Morgan fingerprint density at radius 3 is 3.04 bits per heavy atom. The molecular weight excluding hydrogens is 360 g/mol. The van der Waals surface area contributed by atoms with Crippen molar-refractivity contribution in [2.75, 3.05) is 19.7 Å². The maximum Gasteiger partial charge on any atom is 0.358 e. The van der Waals surface area contributed by atoms with E-state index in [9.17, 15) is 9.59 Å². The first-order valence-electron chi connectivity index (χ1n) is 8.19. The van der Waals surface area contributed by atoms with Gasteiger partial charge in [-0.25, -0.2) is 9.78 Å². The number of esters is 1. The van der Waals surface area contributed by atoms with Crippen LogP contribution in [-0.2, 0) is 9.53 Å². The van der Waals surface area contributed by atoms with Crippen LogP contribution in [-0.4, -0.2) is 41.5 Å². The molecule has 132 valence electrons. The summed E-state index contributed by atoms with van der Waals surface area (Å²) in [5.74, 6) is -0.236. The van der Waals surface area contributed by atoms with Crippen LogP contribution >= 0.6 is 22.9 Å². The fourth-order valence-electron chi connectivity index (χ4n) is 2.83. The Morgan fingerprint density at radius 1 is 1.44 bits per heavy atom. The van der Waals surface area contributed by atoms with Gasteiger partial charge in [0.15, 0.2) is 12.3 Å². The van der Waals surface area contributed by atoms with Gasteiger partial charge in [-0.05, 0) is 30.9 Å². The van der Waals surface area contributed by atoms with Crippen molar-refractivity contribution in [2.24, 2.45) is 5.92 Å². The van der Waals surface area contributed by atoms with Gasteiger partial charge in [0.1, 0.15) is 5.01 Å². The molecule has 0 radical (unpaired) electrons. The van der Waals surface area contributed by atoms with Gasteiger partial charge in [-0.2, -0.15) is 0 Å². The molecule has 5 nitrogen and oxygen atoms in total. The van der Waals surface area contributed by atoms with Crippen molar-refractivity contribution in [3.8, 4) is 10.6 Å². The number of piperidine rings is 1. The molecule has 1 saturated heterocycles. The molecule has 1 aliphatic heterocycles. The second-order valence-corrected chi connectivity index (χ2v) is 7.51. The summed E-state index contributed by atoms with van der Waals surface area (Å²) < 4.78 is 5.14. The number of ether oxygens (including phenoxy) is 1. The highest BCUT2D eigenvalue weighted by atomic mass is 35.5. The van der Waals surface area contributed by atoms with Gasteiger partial charge in [-0.3, -0.25) is 4.79 Å². The van der Waals surface area contributed by atoms with Crippen LogP contribution in [0, 0.1) is 5.92 Å². The number of likely N-dealkylation sites (tertiary alicyclic amines) is 1. The van der Waals surface area contributed by atoms with Crippen LogP contribution in [0.3, 0.4) is 0 Å². The Hall–Kier alpha value is -1.92. The van der Waals surface area contributed by atoms with E-state index in [1.54, 1.807) is 22.4 Å². The minimum absolute atomic E-state index is 0.148. The number of carbonyl (C=O) groups is 2. The highest BCUT2D eigenvalue weighted by molar-refractivity contribution is 7.13. The van der Waals surface area contributed by atoms with Crippen LogP contribution in [0.4, 0.5) is 0 Å². The van der Waals surface area contributed by atoms with Crippen molar-refractivity contribution in [2.45, 2.75) is 19.8 Å². The van der Waals surface area contributed by atoms with Gasteiger partial charge in [0.2, 0.25) is 0 Å². The summed E-state index contributed by atoms with van der Waals surface area (Å²) in [6.45, 7) is 3.34. The molecule has 0 aliphatic carbocycles. The molecule has 0 saturated carbocycles. The van der Waals surface area contributed by atoms with E-state index in [1.807, 2.05) is 12.1 Å². The largest absolute Gasteiger partial charge is 0.451 e. The lowest BCUT2D eigenvalue weighted by Gasteiger charge is -2.30. The topological polar surface area (TPSA) is 59.5 Å². The summed E-state index contributed by atoms with van der Waals surface area (Å²) in [4.78, 5) is 30.3. The minimum Gasteiger partial charge on any atom is -0.451 e. The molecular formula is C18H19ClN2O3S. The van der Waals surface area contributed by atoms with E-state index >= 15 is 0 Å². The number of nitrogens with zero attached hydrogens (tertiary/aromatic N) is 2. The van der Waals surface area contributed by atoms with Gasteiger partial charge in [-0.1, -0.05) is 30.7 Å². The first kappa shape index (κ1) is 17.9. The van der Waals surface area contributed by atoms with Crippen LogP contribution in [0.5, 0.6) is 0 Å². The van der Waals surface area contributed by atoms with E-state index in [0.29, 0.717) is 15.9 Å². The molecule has 2 heterocycles. The zero-order valence-corrected chi connectivity index (χ0v) is 15.5. The molecule has 1 aromatic carbocycles. The average Bonchev–Trinajstić information content (AvgIpc) is 3.09. The smallest absolute Gasteiger partial charge is 0.358 e. The standard InChI is InChI=1S/C18H19ClN2O3S/c1-12-4-3-7-21(9-12)16(22)10-24-18(23)15-11-25-17(20-15)13-5-2-6-14(19)8-13/h2,5-6,8,11-12H,3-4,7,9-10H2,1H3/t12-/m1/s1. The molecule has 0 unspecified atom stereocenters. The van der Waals surface area contributed by atoms with Crippen molar-refractivity contribution in [3.05, 3.63) is 40.4 Å². The number of benzene rings is 1. The number of aromatic nitrogens is 1. The fraction of sp³-hybridized carbons (Fsp3) is 0.389. The van der Waals surface area contributed by atoms with Crippen molar-refractivity contribution >= 4 is 34.8 Å². The van der Waals surface area contributed by atoms with Crippen LogP contribution in [0.2, 0.25) is 5.02 Å². The summed E-state index contributed by atoms with van der Waals surface area (Å²) in [6.07, 6.45) is 2.13. The molecule has 0 spiro atoms. The molecule has 7 heteroatoms. The van der Waals surface area contributed by atoms with E-state index < -0.39 is 5.97 Å². The summed E-state index contributed by atoms with van der Waals surface area (Å²) in [6, 6.07) is 7.27. The van der Waals surface area contributed by atoms with Crippen LogP contribution < -0.4 is 0 Å². The predicted octanol–water partition coefficient (Wildman–Crippen LogP) is 3.88. The molecule has 1 aromatic heterocycles. The van der Waals surface area contributed by atoms with E-state index in [1.165, 1.54) is 11.3 Å². The maximum atomic E-state index is 12.2. The van der Waals surface area contributed by atoms with Crippen LogP contribution in [0.1, 0.15) is 30.3 Å². The van der Waals surface area contributed by atoms with Gasteiger partial charge in [-0.15, -0.1) is 11.3 Å². The summed E-state index contributed by atoms with van der Waals surface area (Å²) in [5.41, 5.74) is 1.05. The molecule has 0 bridgehead atoms. The number of carbonyl (C=O) groups excluding carboxylic acids is 2.